The first-order valence-corrected chi connectivity index (χ1v) is 9.75. The van der Waals surface area contributed by atoms with Gasteiger partial charge in [0.1, 0.15) is 11.4 Å². The lowest BCUT2D eigenvalue weighted by Crippen LogP contribution is -2.35. The number of hydrogen-bond donors (Lipinski definition) is 0. The summed E-state index contributed by atoms with van der Waals surface area (Å²) in [7, 11) is 1.62. The van der Waals surface area contributed by atoms with Gasteiger partial charge in [-0.15, -0.1) is 0 Å². The van der Waals surface area contributed by atoms with Crippen LogP contribution in [0.1, 0.15) is 38.2 Å². The van der Waals surface area contributed by atoms with Crippen LogP contribution in [0, 0.1) is 0 Å². The van der Waals surface area contributed by atoms with Gasteiger partial charge in [0.05, 0.1) is 12.2 Å². The first kappa shape index (κ1) is 19.4. The van der Waals surface area contributed by atoms with Crippen molar-refractivity contribution in [3.05, 3.63) is 35.5 Å². The van der Waals surface area contributed by atoms with Gasteiger partial charge in [0.25, 0.3) is 11.8 Å². The number of ether oxygens (including phenoxy) is 2. The molecule has 1 fully saturated rings. The number of methoxy groups -OCH3 is 1. The molecule has 6 nitrogen and oxygen atoms in total. The molecule has 0 aliphatic carbocycles. The van der Waals surface area contributed by atoms with Crippen LogP contribution >= 0.6 is 0 Å². The summed E-state index contributed by atoms with van der Waals surface area (Å²) in [6.07, 6.45) is 3.67. The van der Waals surface area contributed by atoms with Gasteiger partial charge in [-0.25, -0.2) is 0 Å². The molecule has 2 amide bonds. The minimum Gasteiger partial charge on any atom is -0.494 e. The highest BCUT2D eigenvalue weighted by molar-refractivity contribution is 6.35. The van der Waals surface area contributed by atoms with E-state index in [9.17, 15) is 9.59 Å². The largest absolute Gasteiger partial charge is 0.494 e. The van der Waals surface area contributed by atoms with Crippen molar-refractivity contribution < 1.29 is 19.1 Å². The van der Waals surface area contributed by atoms with E-state index in [0.29, 0.717) is 37.4 Å². The molecule has 3 rings (SSSR count). The molecule has 0 spiro atoms. The number of likely N-dealkylation sites (tertiary alicyclic amines) is 1. The summed E-state index contributed by atoms with van der Waals surface area (Å²) in [5, 5.41) is 0. The third-order valence-electron chi connectivity index (χ3n) is 4.91. The average molecular weight is 372 g/mol. The molecule has 0 bridgehead atoms. The molecule has 2 aliphatic heterocycles. The molecule has 0 unspecified atom stereocenters. The smallest absolute Gasteiger partial charge is 0.277 e. The Hall–Kier alpha value is -2.34. The van der Waals surface area contributed by atoms with E-state index >= 15 is 0 Å². The van der Waals surface area contributed by atoms with Crippen LogP contribution in [0.25, 0.3) is 5.57 Å². The lowest BCUT2D eigenvalue weighted by molar-refractivity contribution is -0.137. The molecule has 0 atom stereocenters. The van der Waals surface area contributed by atoms with E-state index in [1.54, 1.807) is 7.11 Å². The van der Waals surface area contributed by atoms with Crippen molar-refractivity contribution in [3.8, 4) is 5.75 Å². The van der Waals surface area contributed by atoms with Crippen LogP contribution in [0.2, 0.25) is 0 Å². The van der Waals surface area contributed by atoms with Crippen LogP contribution in [0.3, 0.4) is 0 Å². The van der Waals surface area contributed by atoms with Crippen LogP contribution in [0.15, 0.2) is 30.0 Å². The van der Waals surface area contributed by atoms with Crippen LogP contribution < -0.4 is 4.74 Å². The number of hydrogen-bond acceptors (Lipinski definition) is 5. The standard InChI is InChI=1S/C21H28N2O4/c1-3-14-27-17-9-7-16(8-10-17)18-19(22-11-4-5-12-22)21(25)23(20(18)24)13-6-15-26-2/h7-10H,3-6,11-15H2,1-2H3. The number of imide groups is 1. The van der Waals surface area contributed by atoms with E-state index in [1.165, 1.54) is 4.90 Å². The second kappa shape index (κ2) is 9.04. The Balaban J connectivity index is 1.89. The molecular weight excluding hydrogens is 344 g/mol. The zero-order chi connectivity index (χ0) is 19.2. The highest BCUT2D eigenvalue weighted by Gasteiger charge is 2.41. The predicted octanol–water partition coefficient (Wildman–Crippen LogP) is 2.69. The van der Waals surface area contributed by atoms with Crippen molar-refractivity contribution in [2.75, 3.05) is 40.0 Å². The molecule has 2 heterocycles. The summed E-state index contributed by atoms with van der Waals surface area (Å²) in [6.45, 7) is 5.26. The molecule has 0 radical (unpaired) electrons. The second-order valence-corrected chi connectivity index (χ2v) is 6.90. The van der Waals surface area contributed by atoms with Gasteiger partial charge < -0.3 is 14.4 Å². The van der Waals surface area contributed by atoms with Crippen molar-refractivity contribution in [2.24, 2.45) is 0 Å². The van der Waals surface area contributed by atoms with Crippen LogP contribution in [0.5, 0.6) is 5.75 Å². The second-order valence-electron chi connectivity index (χ2n) is 6.90. The number of carbonyl (C=O) groups is 2. The maximum atomic E-state index is 13.1. The Labute approximate surface area is 160 Å². The van der Waals surface area contributed by atoms with Gasteiger partial charge in [-0.1, -0.05) is 19.1 Å². The molecule has 6 heteroatoms. The van der Waals surface area contributed by atoms with Crippen molar-refractivity contribution in [3.63, 3.8) is 0 Å². The maximum absolute atomic E-state index is 13.1. The van der Waals surface area contributed by atoms with E-state index in [1.807, 2.05) is 24.3 Å². The van der Waals surface area contributed by atoms with Gasteiger partial charge in [-0.05, 0) is 43.4 Å². The Bertz CT molecular complexity index is 705. The van der Waals surface area contributed by atoms with Crippen LogP contribution in [-0.2, 0) is 14.3 Å². The number of rotatable bonds is 9. The fourth-order valence-electron chi connectivity index (χ4n) is 3.57. The van der Waals surface area contributed by atoms with Crippen LogP contribution in [0.4, 0.5) is 0 Å². The van der Waals surface area contributed by atoms with Gasteiger partial charge in [-0.3, -0.25) is 14.5 Å². The average Bonchev–Trinajstić information content (AvgIpc) is 3.29. The summed E-state index contributed by atoms with van der Waals surface area (Å²) in [5.41, 5.74) is 1.84. The van der Waals surface area contributed by atoms with E-state index in [2.05, 4.69) is 11.8 Å². The molecule has 1 aromatic carbocycles. The fourth-order valence-corrected chi connectivity index (χ4v) is 3.57. The summed E-state index contributed by atoms with van der Waals surface area (Å²) >= 11 is 0. The normalized spacial score (nSPS) is 17.4. The molecular formula is C21H28N2O4. The zero-order valence-corrected chi connectivity index (χ0v) is 16.2. The molecule has 27 heavy (non-hydrogen) atoms. The summed E-state index contributed by atoms with van der Waals surface area (Å²) in [4.78, 5) is 29.5. The fraction of sp³-hybridized carbons (Fsp3) is 0.524. The van der Waals surface area contributed by atoms with Gasteiger partial charge in [-0.2, -0.15) is 0 Å². The van der Waals surface area contributed by atoms with Gasteiger partial charge in [0, 0.05) is 33.4 Å². The number of nitrogens with zero attached hydrogens (tertiary/aromatic N) is 2. The van der Waals surface area contributed by atoms with E-state index in [4.69, 9.17) is 9.47 Å². The lowest BCUT2D eigenvalue weighted by Gasteiger charge is -2.20. The van der Waals surface area contributed by atoms with Crippen molar-refractivity contribution >= 4 is 17.4 Å². The quantitative estimate of drug-likeness (QED) is 0.493. The van der Waals surface area contributed by atoms with Crippen molar-refractivity contribution in [1.29, 1.82) is 0 Å². The Morgan fingerprint density at radius 2 is 1.70 bits per heavy atom. The number of benzene rings is 1. The van der Waals surface area contributed by atoms with Gasteiger partial charge in [0.2, 0.25) is 0 Å². The zero-order valence-electron chi connectivity index (χ0n) is 16.2. The minimum absolute atomic E-state index is 0.181. The lowest BCUT2D eigenvalue weighted by atomic mass is 10.0. The first-order chi connectivity index (χ1) is 13.2. The summed E-state index contributed by atoms with van der Waals surface area (Å²) in [6, 6.07) is 7.48. The maximum Gasteiger partial charge on any atom is 0.277 e. The first-order valence-electron chi connectivity index (χ1n) is 9.75. The molecule has 0 saturated carbocycles. The minimum atomic E-state index is -0.208. The monoisotopic (exact) mass is 372 g/mol. The third-order valence-corrected chi connectivity index (χ3v) is 4.91. The molecule has 1 aromatic rings. The highest BCUT2D eigenvalue weighted by Crippen LogP contribution is 2.34. The molecule has 0 aromatic heterocycles. The third kappa shape index (κ3) is 4.16. The number of amides is 2. The van der Waals surface area contributed by atoms with Crippen molar-refractivity contribution in [1.82, 2.24) is 9.80 Å². The number of carbonyl (C=O) groups excluding carboxylic acids is 2. The Morgan fingerprint density at radius 3 is 2.33 bits per heavy atom. The summed E-state index contributed by atoms with van der Waals surface area (Å²) < 4.78 is 10.7. The molecule has 146 valence electrons. The van der Waals surface area contributed by atoms with E-state index in [-0.39, 0.29) is 11.8 Å². The van der Waals surface area contributed by atoms with Gasteiger partial charge >= 0.3 is 0 Å². The van der Waals surface area contributed by atoms with Crippen LogP contribution in [-0.4, -0.2) is 61.6 Å². The predicted molar refractivity (Wildman–Crippen MR) is 103 cm³/mol. The van der Waals surface area contributed by atoms with Crippen molar-refractivity contribution in [2.45, 2.75) is 32.6 Å². The van der Waals surface area contributed by atoms with E-state index < -0.39 is 0 Å². The highest BCUT2D eigenvalue weighted by atomic mass is 16.5. The molecule has 1 saturated heterocycles. The molecule has 0 N–H and O–H groups in total. The Kier molecular flexibility index (Phi) is 6.50. The van der Waals surface area contributed by atoms with Gasteiger partial charge in [0.15, 0.2) is 0 Å². The molecule has 2 aliphatic rings. The topological polar surface area (TPSA) is 59.1 Å². The summed E-state index contributed by atoms with van der Waals surface area (Å²) in [5.74, 6) is 0.386. The Morgan fingerprint density at radius 1 is 1.00 bits per heavy atom. The SMILES string of the molecule is CCCOc1ccc(C2=C(N3CCCC3)C(=O)N(CCCOC)C2=O)cc1. The van der Waals surface area contributed by atoms with E-state index in [0.717, 1.165) is 43.7 Å².